The Balaban J connectivity index is 0.000000459. The van der Waals surface area contributed by atoms with Crippen molar-refractivity contribution >= 4 is 23.7 Å². The number of aryl methyl sites for hydroxylation is 1. The molecule has 1 aromatic rings. The van der Waals surface area contributed by atoms with Gasteiger partial charge in [-0.3, -0.25) is 4.98 Å². The quantitative estimate of drug-likeness (QED) is 0.523. The number of nitrogens with zero attached hydrogens (tertiary/aromatic N) is 1. The van der Waals surface area contributed by atoms with Crippen LogP contribution in [0.4, 0.5) is 0 Å². The number of unbranched alkanes of at least 4 members (excludes halogenated alkanes) is 1. The number of aliphatic carboxylic acids is 2. The summed E-state index contributed by atoms with van der Waals surface area (Å²) >= 11 is 2.05. The summed E-state index contributed by atoms with van der Waals surface area (Å²) in [7, 11) is 0. The van der Waals surface area contributed by atoms with Gasteiger partial charge in [0.05, 0.1) is 11.9 Å². The van der Waals surface area contributed by atoms with E-state index >= 15 is 0 Å². The SMILES string of the molecule is CCCCSCCc1ccncc1.O=C([O-])C(=O)[O-]. The molecule has 0 aromatic carbocycles. The molecule has 1 rings (SSSR count). The van der Waals surface area contributed by atoms with E-state index in [1.54, 1.807) is 0 Å². The number of hydrogen-bond acceptors (Lipinski definition) is 6. The largest absolute Gasteiger partial charge is 0.543 e. The molecule has 0 fully saturated rings. The first-order valence-electron chi connectivity index (χ1n) is 5.96. The number of pyridine rings is 1. The molecule has 1 heterocycles. The summed E-state index contributed by atoms with van der Waals surface area (Å²) < 4.78 is 0. The topological polar surface area (TPSA) is 93.2 Å². The summed E-state index contributed by atoms with van der Waals surface area (Å²) in [4.78, 5) is 21.8. The van der Waals surface area contributed by atoms with Crippen LogP contribution in [0.1, 0.15) is 25.3 Å². The second kappa shape index (κ2) is 11.5. The highest BCUT2D eigenvalue weighted by Crippen LogP contribution is 2.08. The molecule has 0 saturated carbocycles. The third kappa shape index (κ3) is 11.3. The van der Waals surface area contributed by atoms with Gasteiger partial charge in [-0.25, -0.2) is 0 Å². The lowest BCUT2D eigenvalue weighted by molar-refractivity contribution is -0.345. The molecule has 1 aromatic heterocycles. The van der Waals surface area contributed by atoms with Gasteiger partial charge in [0.2, 0.25) is 0 Å². The molecule has 0 N–H and O–H groups in total. The van der Waals surface area contributed by atoms with Gasteiger partial charge in [-0.05, 0) is 42.0 Å². The summed E-state index contributed by atoms with van der Waals surface area (Å²) in [5.41, 5.74) is 1.40. The van der Waals surface area contributed by atoms with Crippen molar-refractivity contribution in [2.75, 3.05) is 11.5 Å². The zero-order chi connectivity index (χ0) is 14.5. The van der Waals surface area contributed by atoms with Gasteiger partial charge in [-0.1, -0.05) is 13.3 Å². The van der Waals surface area contributed by atoms with E-state index in [0.717, 1.165) is 0 Å². The van der Waals surface area contributed by atoms with E-state index in [2.05, 4.69) is 35.8 Å². The lowest BCUT2D eigenvalue weighted by atomic mass is 10.2. The molecule has 0 saturated heterocycles. The number of thioether (sulfide) groups is 1. The molecule has 106 valence electrons. The first kappa shape index (κ1) is 17.4. The fraction of sp³-hybridized carbons (Fsp3) is 0.462. The summed E-state index contributed by atoms with van der Waals surface area (Å²) in [6.07, 6.45) is 7.57. The summed E-state index contributed by atoms with van der Waals surface area (Å²) in [6.45, 7) is 2.24. The van der Waals surface area contributed by atoms with Crippen LogP contribution >= 0.6 is 11.8 Å². The Morgan fingerprint density at radius 3 is 2.21 bits per heavy atom. The summed E-state index contributed by atoms with van der Waals surface area (Å²) in [6, 6.07) is 4.20. The zero-order valence-electron chi connectivity index (χ0n) is 10.8. The van der Waals surface area contributed by atoms with Crippen molar-refractivity contribution < 1.29 is 19.8 Å². The van der Waals surface area contributed by atoms with E-state index in [1.807, 2.05) is 12.4 Å². The number of carboxylic acid groups (broad SMARTS) is 2. The van der Waals surface area contributed by atoms with E-state index in [1.165, 1.54) is 36.3 Å². The van der Waals surface area contributed by atoms with Crippen LogP contribution in [0.25, 0.3) is 0 Å². The first-order chi connectivity index (χ1) is 9.07. The Labute approximate surface area is 117 Å². The molecule has 5 nitrogen and oxygen atoms in total. The monoisotopic (exact) mass is 283 g/mol. The highest BCUT2D eigenvalue weighted by Gasteiger charge is 1.92. The smallest absolute Gasteiger partial charge is 0.0870 e. The third-order valence-electron chi connectivity index (χ3n) is 2.09. The molecule has 0 atom stereocenters. The van der Waals surface area contributed by atoms with Gasteiger partial charge >= 0.3 is 0 Å². The molecule has 19 heavy (non-hydrogen) atoms. The standard InChI is InChI=1S/C11H17NS.C2H2O4/c1-2-3-9-13-10-6-11-4-7-12-8-5-11;3-1(4)2(5)6/h4-5,7-8H,2-3,6,9-10H2,1H3;(H,3,4)(H,5,6)/p-2. The number of hydrogen-bond donors (Lipinski definition) is 0. The summed E-state index contributed by atoms with van der Waals surface area (Å²) in [5, 5.41) is 17.9. The van der Waals surface area contributed by atoms with Crippen LogP contribution in [-0.4, -0.2) is 28.4 Å². The van der Waals surface area contributed by atoms with Crippen molar-refractivity contribution in [1.82, 2.24) is 4.98 Å². The van der Waals surface area contributed by atoms with Crippen LogP contribution in [0.2, 0.25) is 0 Å². The van der Waals surface area contributed by atoms with Crippen molar-refractivity contribution in [2.45, 2.75) is 26.2 Å². The van der Waals surface area contributed by atoms with Crippen molar-refractivity contribution in [1.29, 1.82) is 0 Å². The lowest BCUT2D eigenvalue weighted by Gasteiger charge is -2.00. The van der Waals surface area contributed by atoms with Crippen LogP contribution in [0.15, 0.2) is 24.5 Å². The van der Waals surface area contributed by atoms with E-state index in [4.69, 9.17) is 19.8 Å². The van der Waals surface area contributed by atoms with Crippen LogP contribution in [0, 0.1) is 0 Å². The van der Waals surface area contributed by atoms with Gasteiger partial charge in [0.25, 0.3) is 0 Å². The lowest BCUT2D eigenvalue weighted by Crippen LogP contribution is -2.42. The Morgan fingerprint density at radius 1 is 1.16 bits per heavy atom. The summed E-state index contributed by atoms with van der Waals surface area (Å²) in [5.74, 6) is -1.82. The minimum absolute atomic E-state index is 1.18. The maximum atomic E-state index is 8.93. The van der Waals surface area contributed by atoms with Crippen LogP contribution < -0.4 is 10.2 Å². The van der Waals surface area contributed by atoms with E-state index < -0.39 is 11.9 Å². The number of carbonyl (C=O) groups excluding carboxylic acids is 2. The van der Waals surface area contributed by atoms with Gasteiger partial charge < -0.3 is 19.8 Å². The molecule has 0 aliphatic heterocycles. The highest BCUT2D eigenvalue weighted by molar-refractivity contribution is 7.99. The van der Waals surface area contributed by atoms with Gasteiger partial charge in [0.15, 0.2) is 0 Å². The van der Waals surface area contributed by atoms with Gasteiger partial charge in [0, 0.05) is 12.4 Å². The number of carbonyl (C=O) groups is 2. The molecule has 0 aliphatic rings. The molecule has 0 bridgehead atoms. The molecular weight excluding hydrogens is 266 g/mol. The average molecular weight is 283 g/mol. The molecule has 0 spiro atoms. The van der Waals surface area contributed by atoms with Crippen molar-refractivity contribution in [3.05, 3.63) is 30.1 Å². The fourth-order valence-corrected chi connectivity index (χ4v) is 2.16. The van der Waals surface area contributed by atoms with Crippen molar-refractivity contribution in [3.8, 4) is 0 Å². The van der Waals surface area contributed by atoms with Crippen molar-refractivity contribution in [3.63, 3.8) is 0 Å². The number of aromatic nitrogens is 1. The minimum atomic E-state index is -2.19. The van der Waals surface area contributed by atoms with E-state index in [0.29, 0.717) is 0 Å². The van der Waals surface area contributed by atoms with Crippen LogP contribution in [0.5, 0.6) is 0 Å². The van der Waals surface area contributed by atoms with Crippen molar-refractivity contribution in [2.24, 2.45) is 0 Å². The zero-order valence-corrected chi connectivity index (χ0v) is 11.6. The predicted octanol–water partition coefficient (Wildman–Crippen LogP) is -0.356. The normalized spacial score (nSPS) is 9.32. The fourth-order valence-electron chi connectivity index (χ4n) is 1.09. The predicted molar refractivity (Wildman–Crippen MR) is 70.2 cm³/mol. The van der Waals surface area contributed by atoms with E-state index in [9.17, 15) is 0 Å². The van der Waals surface area contributed by atoms with Gasteiger partial charge in [-0.2, -0.15) is 11.8 Å². The molecule has 6 heteroatoms. The Hall–Kier alpha value is -1.56. The second-order valence-corrected chi connectivity index (χ2v) is 4.87. The van der Waals surface area contributed by atoms with Gasteiger partial charge in [-0.15, -0.1) is 0 Å². The number of carboxylic acids is 2. The minimum Gasteiger partial charge on any atom is -0.543 e. The second-order valence-electron chi connectivity index (χ2n) is 3.65. The maximum absolute atomic E-state index is 8.93. The highest BCUT2D eigenvalue weighted by atomic mass is 32.2. The van der Waals surface area contributed by atoms with Crippen LogP contribution in [-0.2, 0) is 16.0 Å². The molecule has 0 aliphatic carbocycles. The Morgan fingerprint density at radius 2 is 1.74 bits per heavy atom. The van der Waals surface area contributed by atoms with E-state index in [-0.39, 0.29) is 0 Å². The van der Waals surface area contributed by atoms with Crippen LogP contribution in [0.3, 0.4) is 0 Å². The number of rotatable bonds is 6. The first-order valence-corrected chi connectivity index (χ1v) is 7.12. The Bertz CT molecular complexity index is 358. The maximum Gasteiger partial charge on any atom is 0.0870 e. The average Bonchev–Trinajstić information content (AvgIpc) is 2.40. The van der Waals surface area contributed by atoms with Gasteiger partial charge in [0.1, 0.15) is 0 Å². The molecule has 0 amide bonds. The molecular formula is C13H17NO4S-2. The Kier molecular flexibility index (Phi) is 10.6. The third-order valence-corrected chi connectivity index (χ3v) is 3.16. The molecule has 0 unspecified atom stereocenters. The molecule has 0 radical (unpaired) electrons.